The second-order valence-corrected chi connectivity index (χ2v) is 11.7. The fourth-order valence-electron chi connectivity index (χ4n) is 3.14. The van der Waals surface area contributed by atoms with E-state index in [1.54, 1.807) is 0 Å². The van der Waals surface area contributed by atoms with E-state index in [1.165, 1.54) is 18.7 Å². The summed E-state index contributed by atoms with van der Waals surface area (Å²) in [5, 5.41) is 0. The standard InChI is InChI=1S/C22H36O4Si/c1-6-27(7-2,8-3)26-21(19(4)14-15-22(23)24-5)16-17-25-18-20-12-10-9-11-13-20/h9-15,19,21H,6-8,16-18H2,1-5H3/b15-14+/t19-,21-/m1/s1. The molecule has 0 radical (unpaired) electrons. The van der Waals surface area contributed by atoms with Crippen LogP contribution in [0.3, 0.4) is 0 Å². The molecule has 0 saturated carbocycles. The van der Waals surface area contributed by atoms with Crippen LogP contribution in [0.1, 0.15) is 39.7 Å². The smallest absolute Gasteiger partial charge is 0.330 e. The molecule has 1 rings (SSSR count). The molecule has 0 saturated heterocycles. The molecule has 1 aromatic rings. The Morgan fingerprint density at radius 3 is 2.30 bits per heavy atom. The lowest BCUT2D eigenvalue weighted by Crippen LogP contribution is -2.42. The summed E-state index contributed by atoms with van der Waals surface area (Å²) in [5.41, 5.74) is 1.17. The summed E-state index contributed by atoms with van der Waals surface area (Å²) in [4.78, 5) is 11.4. The zero-order chi connectivity index (χ0) is 20.1. The first-order valence-electron chi connectivity index (χ1n) is 10.1. The monoisotopic (exact) mass is 392 g/mol. The van der Waals surface area contributed by atoms with E-state index in [0.29, 0.717) is 13.2 Å². The van der Waals surface area contributed by atoms with Gasteiger partial charge in [0.2, 0.25) is 0 Å². The van der Waals surface area contributed by atoms with E-state index >= 15 is 0 Å². The summed E-state index contributed by atoms with van der Waals surface area (Å²) in [7, 11) is -0.343. The molecule has 1 aromatic carbocycles. The number of hydrogen-bond donors (Lipinski definition) is 0. The van der Waals surface area contributed by atoms with Crippen molar-refractivity contribution in [2.24, 2.45) is 5.92 Å². The zero-order valence-corrected chi connectivity index (χ0v) is 18.6. The maximum absolute atomic E-state index is 11.4. The van der Waals surface area contributed by atoms with Gasteiger partial charge in [0, 0.05) is 12.7 Å². The molecule has 0 aliphatic carbocycles. The quantitative estimate of drug-likeness (QED) is 0.196. The molecule has 0 aromatic heterocycles. The number of carbonyl (C=O) groups excluding carboxylic acids is 1. The van der Waals surface area contributed by atoms with Crippen LogP contribution in [0.5, 0.6) is 0 Å². The van der Waals surface area contributed by atoms with E-state index in [2.05, 4.69) is 39.8 Å². The number of esters is 1. The molecule has 0 amide bonds. The predicted molar refractivity (Wildman–Crippen MR) is 113 cm³/mol. The molecule has 0 fully saturated rings. The fraction of sp³-hybridized carbons (Fsp3) is 0.591. The van der Waals surface area contributed by atoms with Crippen LogP contribution in [0, 0.1) is 5.92 Å². The van der Waals surface area contributed by atoms with Crippen molar-refractivity contribution in [1.82, 2.24) is 0 Å². The van der Waals surface area contributed by atoms with Gasteiger partial charge in [-0.3, -0.25) is 0 Å². The van der Waals surface area contributed by atoms with Gasteiger partial charge in [-0.05, 0) is 36.0 Å². The maximum Gasteiger partial charge on any atom is 0.330 e. The predicted octanol–water partition coefficient (Wildman–Crippen LogP) is 5.35. The first-order valence-corrected chi connectivity index (χ1v) is 12.6. The highest BCUT2D eigenvalue weighted by Gasteiger charge is 2.33. The molecule has 152 valence electrons. The van der Waals surface area contributed by atoms with Crippen LogP contribution >= 0.6 is 0 Å². The van der Waals surface area contributed by atoms with Crippen molar-refractivity contribution in [2.75, 3.05) is 13.7 Å². The molecule has 0 aliphatic heterocycles. The summed E-state index contributed by atoms with van der Waals surface area (Å²) in [6.45, 7) is 10.0. The van der Waals surface area contributed by atoms with Crippen LogP contribution in [-0.2, 0) is 25.3 Å². The van der Waals surface area contributed by atoms with Crippen molar-refractivity contribution in [3.8, 4) is 0 Å². The molecule has 2 atom stereocenters. The van der Waals surface area contributed by atoms with Gasteiger partial charge in [0.25, 0.3) is 0 Å². The molecule has 0 aliphatic rings. The topological polar surface area (TPSA) is 44.8 Å². The van der Waals surface area contributed by atoms with E-state index in [9.17, 15) is 4.79 Å². The van der Waals surface area contributed by atoms with Crippen molar-refractivity contribution in [2.45, 2.75) is 65.0 Å². The normalized spacial score (nSPS) is 14.3. The SMILES string of the molecule is CC[Si](CC)(CC)O[C@H](CCOCc1ccccc1)[C@H](C)/C=C/C(=O)OC. The average molecular weight is 393 g/mol. The van der Waals surface area contributed by atoms with Gasteiger partial charge in [0.15, 0.2) is 8.32 Å². The molecule has 0 heterocycles. The van der Waals surface area contributed by atoms with Gasteiger partial charge in [0.1, 0.15) is 0 Å². The Bertz CT molecular complexity index is 546. The first kappa shape index (κ1) is 23.6. The Kier molecular flexibility index (Phi) is 11.2. The lowest BCUT2D eigenvalue weighted by molar-refractivity contribution is -0.134. The largest absolute Gasteiger partial charge is 0.466 e. The maximum atomic E-state index is 11.4. The Balaban J connectivity index is 2.70. The molecule has 4 nitrogen and oxygen atoms in total. The Morgan fingerprint density at radius 2 is 1.74 bits per heavy atom. The van der Waals surface area contributed by atoms with Crippen LogP contribution in [0.25, 0.3) is 0 Å². The van der Waals surface area contributed by atoms with Gasteiger partial charge in [-0.1, -0.05) is 64.1 Å². The summed E-state index contributed by atoms with van der Waals surface area (Å²) in [5.74, 6) is -0.202. The molecule has 0 N–H and O–H groups in total. The second kappa shape index (κ2) is 12.9. The van der Waals surface area contributed by atoms with E-state index < -0.39 is 8.32 Å². The van der Waals surface area contributed by atoms with E-state index in [1.807, 2.05) is 24.3 Å². The van der Waals surface area contributed by atoms with E-state index in [0.717, 1.165) is 24.6 Å². The van der Waals surface area contributed by atoms with Gasteiger partial charge in [-0.2, -0.15) is 0 Å². The molecular weight excluding hydrogens is 356 g/mol. The molecule has 0 unspecified atom stereocenters. The highest BCUT2D eigenvalue weighted by molar-refractivity contribution is 6.73. The molecule has 0 bridgehead atoms. The molecule has 0 spiro atoms. The molecule has 27 heavy (non-hydrogen) atoms. The van der Waals surface area contributed by atoms with Gasteiger partial charge in [0.05, 0.1) is 19.8 Å². The summed E-state index contributed by atoms with van der Waals surface area (Å²) < 4.78 is 17.3. The highest BCUT2D eigenvalue weighted by atomic mass is 28.4. The fourth-order valence-corrected chi connectivity index (χ4v) is 6.11. The van der Waals surface area contributed by atoms with Gasteiger partial charge in [-0.25, -0.2) is 4.79 Å². The number of carbonyl (C=O) groups is 1. The van der Waals surface area contributed by atoms with Crippen LogP contribution in [0.15, 0.2) is 42.5 Å². The summed E-state index contributed by atoms with van der Waals surface area (Å²) in [6.07, 6.45) is 4.26. The highest BCUT2D eigenvalue weighted by Crippen LogP contribution is 2.27. The molecule has 5 heteroatoms. The zero-order valence-electron chi connectivity index (χ0n) is 17.6. The minimum Gasteiger partial charge on any atom is -0.466 e. The number of hydrogen-bond acceptors (Lipinski definition) is 4. The summed E-state index contributed by atoms with van der Waals surface area (Å²) in [6, 6.07) is 13.5. The third kappa shape index (κ3) is 8.41. The van der Waals surface area contributed by atoms with Crippen molar-refractivity contribution < 1.29 is 18.7 Å². The number of ether oxygens (including phenoxy) is 2. The Hall–Kier alpha value is -1.43. The van der Waals surface area contributed by atoms with Gasteiger partial charge >= 0.3 is 5.97 Å². The van der Waals surface area contributed by atoms with Crippen molar-refractivity contribution in [3.63, 3.8) is 0 Å². The van der Waals surface area contributed by atoms with Crippen LogP contribution in [-0.4, -0.2) is 34.1 Å². The lowest BCUT2D eigenvalue weighted by atomic mass is 10.0. The summed E-state index contributed by atoms with van der Waals surface area (Å²) >= 11 is 0. The van der Waals surface area contributed by atoms with Crippen molar-refractivity contribution >= 4 is 14.3 Å². The molecular formula is C22H36O4Si. The third-order valence-corrected chi connectivity index (χ3v) is 9.98. The van der Waals surface area contributed by atoms with Gasteiger partial charge < -0.3 is 13.9 Å². The average Bonchev–Trinajstić information content (AvgIpc) is 2.72. The van der Waals surface area contributed by atoms with Crippen LogP contribution in [0.4, 0.5) is 0 Å². The van der Waals surface area contributed by atoms with E-state index in [-0.39, 0.29) is 18.0 Å². The number of rotatable bonds is 13. The van der Waals surface area contributed by atoms with Gasteiger partial charge in [-0.15, -0.1) is 0 Å². The third-order valence-electron chi connectivity index (χ3n) is 5.32. The number of benzene rings is 1. The van der Waals surface area contributed by atoms with Crippen LogP contribution in [0.2, 0.25) is 18.1 Å². The number of methoxy groups -OCH3 is 1. The Morgan fingerprint density at radius 1 is 1.11 bits per heavy atom. The Labute approximate surface area is 166 Å². The van der Waals surface area contributed by atoms with Crippen LogP contribution < -0.4 is 0 Å². The van der Waals surface area contributed by atoms with E-state index in [4.69, 9.17) is 13.9 Å². The van der Waals surface area contributed by atoms with Crippen molar-refractivity contribution in [1.29, 1.82) is 0 Å². The first-order chi connectivity index (χ1) is 13.0. The minimum atomic E-state index is -1.74. The van der Waals surface area contributed by atoms with Crippen molar-refractivity contribution in [3.05, 3.63) is 48.0 Å². The lowest BCUT2D eigenvalue weighted by Gasteiger charge is -2.35. The second-order valence-electron chi connectivity index (χ2n) is 6.97. The minimum absolute atomic E-state index is 0.0493.